The standard InChI is InChI=1S/C30H25Cl2N5O2/c1-18-34-14-23-16-36-7-6-20-8-19(15-37(18)23)9-29(27(20)12-33)39-24-3-5-25(21(10-24)13-35-30(38)17-36)26-4-2-22(31)11-28(26)32/h2-5,8-11,14H,6-7,13,15-17H2,1H3,(H,35,38). The Kier molecular flexibility index (Phi) is 6.78. The Morgan fingerprint density at radius 3 is 2.69 bits per heavy atom. The lowest BCUT2D eigenvalue weighted by Gasteiger charge is -2.26. The van der Waals surface area contributed by atoms with Crippen molar-refractivity contribution in [3.63, 3.8) is 0 Å². The molecule has 196 valence electrons. The number of nitriles is 1. The summed E-state index contributed by atoms with van der Waals surface area (Å²) in [7, 11) is 0. The number of benzene rings is 3. The van der Waals surface area contributed by atoms with Crippen LogP contribution in [0.25, 0.3) is 11.1 Å². The molecule has 0 saturated heterocycles. The molecular formula is C30H25Cl2N5O2. The van der Waals surface area contributed by atoms with Crippen molar-refractivity contribution in [2.45, 2.75) is 33.0 Å². The van der Waals surface area contributed by atoms with E-state index in [4.69, 9.17) is 27.9 Å². The maximum absolute atomic E-state index is 13.2. The van der Waals surface area contributed by atoms with E-state index in [-0.39, 0.29) is 19.0 Å². The molecular weight excluding hydrogens is 533 g/mol. The van der Waals surface area contributed by atoms with E-state index in [2.05, 4.69) is 31.9 Å². The minimum Gasteiger partial charge on any atom is -0.456 e. The maximum Gasteiger partial charge on any atom is 0.234 e. The van der Waals surface area contributed by atoms with Crippen molar-refractivity contribution in [1.29, 1.82) is 5.26 Å². The minimum absolute atomic E-state index is 0.0960. The van der Waals surface area contributed by atoms with Crippen molar-refractivity contribution in [3.05, 3.63) is 98.5 Å². The van der Waals surface area contributed by atoms with Crippen LogP contribution in [0.1, 0.15) is 33.8 Å². The molecule has 2 aliphatic rings. The molecule has 1 unspecified atom stereocenters. The Balaban J connectivity index is 1.51. The van der Waals surface area contributed by atoms with Gasteiger partial charge in [0.05, 0.1) is 17.8 Å². The van der Waals surface area contributed by atoms with Crippen LogP contribution >= 0.6 is 23.2 Å². The minimum atomic E-state index is -0.0960. The van der Waals surface area contributed by atoms with Crippen LogP contribution in [0.3, 0.4) is 0 Å². The summed E-state index contributed by atoms with van der Waals surface area (Å²) >= 11 is 12.7. The fourth-order valence-electron chi connectivity index (χ4n) is 5.32. The van der Waals surface area contributed by atoms with E-state index in [0.29, 0.717) is 53.2 Å². The van der Waals surface area contributed by atoms with Crippen LogP contribution in [-0.2, 0) is 30.8 Å². The molecule has 2 aliphatic heterocycles. The van der Waals surface area contributed by atoms with Gasteiger partial charge in [-0.25, -0.2) is 4.98 Å². The van der Waals surface area contributed by atoms with E-state index in [9.17, 15) is 10.1 Å². The van der Waals surface area contributed by atoms with Crippen LogP contribution in [0.5, 0.6) is 11.5 Å². The van der Waals surface area contributed by atoms with Crippen LogP contribution < -0.4 is 10.1 Å². The highest BCUT2D eigenvalue weighted by atomic mass is 35.5. The summed E-state index contributed by atoms with van der Waals surface area (Å²) in [5.74, 6) is 1.88. The second-order valence-electron chi connectivity index (χ2n) is 9.91. The number of aryl methyl sites for hydroxylation is 1. The van der Waals surface area contributed by atoms with Gasteiger partial charge in [0, 0.05) is 48.0 Å². The average Bonchev–Trinajstić information content (AvgIpc) is 3.24. The number of ether oxygens (including phenoxy) is 1. The zero-order valence-electron chi connectivity index (χ0n) is 21.3. The number of carbonyl (C=O) groups is 1. The van der Waals surface area contributed by atoms with Crippen LogP contribution in [0.2, 0.25) is 10.0 Å². The van der Waals surface area contributed by atoms with E-state index in [1.807, 2.05) is 43.5 Å². The van der Waals surface area contributed by atoms with Gasteiger partial charge in [0.25, 0.3) is 0 Å². The van der Waals surface area contributed by atoms with E-state index in [0.717, 1.165) is 39.3 Å². The molecule has 6 rings (SSSR count). The summed E-state index contributed by atoms with van der Waals surface area (Å²) in [6.07, 6.45) is 2.49. The fourth-order valence-corrected chi connectivity index (χ4v) is 5.83. The van der Waals surface area contributed by atoms with E-state index in [1.54, 1.807) is 12.1 Å². The molecule has 1 amide bonds. The average molecular weight is 558 g/mol. The molecule has 3 heterocycles. The lowest BCUT2D eigenvalue weighted by Crippen LogP contribution is -2.38. The number of carbonyl (C=O) groups excluding carboxylic acids is 1. The number of fused-ring (bicyclic) bond motifs is 7. The van der Waals surface area contributed by atoms with Crippen LogP contribution in [0.15, 0.2) is 54.7 Å². The van der Waals surface area contributed by atoms with Gasteiger partial charge in [0.2, 0.25) is 5.91 Å². The lowest BCUT2D eigenvalue weighted by molar-refractivity contribution is -0.122. The fraction of sp³-hybridized carbons (Fsp3) is 0.233. The zero-order valence-corrected chi connectivity index (χ0v) is 22.8. The SMILES string of the molecule is Cc1ncc2n1Cc1cc3c(C#N)c(c1)Oc1ccc(-c4ccc(Cl)cc4Cl)c(c1)CNC(=O)CN(CC3)C2. The first-order valence-electron chi connectivity index (χ1n) is 12.7. The molecule has 1 atom stereocenters. The molecule has 39 heavy (non-hydrogen) atoms. The summed E-state index contributed by atoms with van der Waals surface area (Å²) in [6, 6.07) is 17.4. The van der Waals surface area contributed by atoms with E-state index >= 15 is 0 Å². The summed E-state index contributed by atoms with van der Waals surface area (Å²) in [5.41, 5.74) is 5.98. The zero-order chi connectivity index (χ0) is 27.1. The normalized spacial score (nSPS) is 16.7. The molecule has 0 fully saturated rings. The van der Waals surface area contributed by atoms with Gasteiger partial charge < -0.3 is 14.6 Å². The number of halogens is 2. The summed E-state index contributed by atoms with van der Waals surface area (Å²) in [6.45, 7) is 4.24. The number of imidazole rings is 1. The van der Waals surface area contributed by atoms with Crippen molar-refractivity contribution in [3.8, 4) is 28.7 Å². The van der Waals surface area contributed by atoms with Crippen molar-refractivity contribution >= 4 is 29.1 Å². The molecule has 1 N–H and O–H groups in total. The largest absolute Gasteiger partial charge is 0.456 e. The highest BCUT2D eigenvalue weighted by Gasteiger charge is 2.22. The van der Waals surface area contributed by atoms with Gasteiger partial charge in [0.15, 0.2) is 0 Å². The third kappa shape index (κ3) is 5.11. The molecule has 0 saturated carbocycles. The third-order valence-electron chi connectivity index (χ3n) is 7.29. The first kappa shape index (κ1) is 25.4. The number of aromatic nitrogens is 2. The molecule has 7 nitrogen and oxygen atoms in total. The summed E-state index contributed by atoms with van der Waals surface area (Å²) in [4.78, 5) is 19.8. The quantitative estimate of drug-likeness (QED) is 0.316. The molecule has 3 aromatic carbocycles. The van der Waals surface area contributed by atoms with Gasteiger partial charge in [-0.3, -0.25) is 9.69 Å². The second kappa shape index (κ2) is 10.4. The van der Waals surface area contributed by atoms with Crippen LogP contribution in [-0.4, -0.2) is 33.4 Å². The molecule has 1 aromatic heterocycles. The number of rotatable bonds is 1. The number of nitrogens with zero attached hydrogens (tertiary/aromatic N) is 4. The molecule has 4 aromatic rings. The Morgan fingerprint density at radius 2 is 1.87 bits per heavy atom. The van der Waals surface area contributed by atoms with Crippen LogP contribution in [0.4, 0.5) is 0 Å². The van der Waals surface area contributed by atoms with Crippen molar-refractivity contribution in [2.75, 3.05) is 13.1 Å². The Morgan fingerprint density at radius 1 is 1.03 bits per heavy atom. The first-order chi connectivity index (χ1) is 18.9. The summed E-state index contributed by atoms with van der Waals surface area (Å²) in [5, 5.41) is 14.3. The maximum atomic E-state index is 13.2. The van der Waals surface area contributed by atoms with Gasteiger partial charge in [-0.2, -0.15) is 5.26 Å². The number of hydrogen-bond acceptors (Lipinski definition) is 5. The van der Waals surface area contributed by atoms with Gasteiger partial charge in [0.1, 0.15) is 23.4 Å². The molecule has 6 bridgehead atoms. The Hall–Kier alpha value is -3.83. The monoisotopic (exact) mass is 557 g/mol. The first-order valence-corrected chi connectivity index (χ1v) is 13.5. The molecule has 9 heteroatoms. The van der Waals surface area contributed by atoms with Crippen LogP contribution in [0, 0.1) is 18.3 Å². The highest BCUT2D eigenvalue weighted by Crippen LogP contribution is 2.37. The molecule has 0 spiro atoms. The highest BCUT2D eigenvalue weighted by molar-refractivity contribution is 6.36. The molecule has 0 aliphatic carbocycles. The van der Waals surface area contributed by atoms with Gasteiger partial charge >= 0.3 is 0 Å². The predicted molar refractivity (Wildman–Crippen MR) is 150 cm³/mol. The predicted octanol–water partition coefficient (Wildman–Crippen LogP) is 5.87. The number of amides is 1. The van der Waals surface area contributed by atoms with Gasteiger partial charge in [-0.15, -0.1) is 0 Å². The number of hydrogen-bond donors (Lipinski definition) is 1. The topological polar surface area (TPSA) is 83.2 Å². The van der Waals surface area contributed by atoms with E-state index in [1.165, 1.54) is 0 Å². The second-order valence-corrected chi connectivity index (χ2v) is 10.7. The Bertz CT molecular complexity index is 1660. The van der Waals surface area contributed by atoms with Crippen molar-refractivity contribution in [1.82, 2.24) is 19.8 Å². The third-order valence-corrected chi connectivity index (χ3v) is 7.83. The molecule has 0 radical (unpaired) electrons. The van der Waals surface area contributed by atoms with Gasteiger partial charge in [-0.1, -0.05) is 41.4 Å². The smallest absolute Gasteiger partial charge is 0.234 e. The number of nitrogens with one attached hydrogen (secondary N) is 1. The summed E-state index contributed by atoms with van der Waals surface area (Å²) < 4.78 is 8.55. The van der Waals surface area contributed by atoms with Crippen molar-refractivity contribution < 1.29 is 9.53 Å². The lowest BCUT2D eigenvalue weighted by atomic mass is 9.98. The van der Waals surface area contributed by atoms with E-state index < -0.39 is 0 Å². The van der Waals surface area contributed by atoms with Gasteiger partial charge in [-0.05, 0) is 65.9 Å². The Labute approximate surface area is 236 Å². The van der Waals surface area contributed by atoms with Crippen molar-refractivity contribution in [2.24, 2.45) is 0 Å².